The minimum atomic E-state index is -3.67. The molecule has 136 valence electrons. The van der Waals surface area contributed by atoms with E-state index in [2.05, 4.69) is 4.72 Å². The molecule has 0 saturated carbocycles. The fourth-order valence-corrected chi connectivity index (χ4v) is 5.81. The Morgan fingerprint density at radius 3 is 2.19 bits per heavy atom. The molecular formula is C20H22N2O3S. The van der Waals surface area contributed by atoms with E-state index in [9.17, 15) is 13.2 Å². The third-order valence-corrected chi connectivity index (χ3v) is 6.86. The summed E-state index contributed by atoms with van der Waals surface area (Å²) in [5, 5.41) is 0. The first-order valence-corrected chi connectivity index (χ1v) is 10.3. The van der Waals surface area contributed by atoms with Crippen LogP contribution < -0.4 is 9.62 Å². The molecule has 0 aromatic heterocycles. The number of carbonyl (C=O) groups excluding carboxylic acids is 1. The van der Waals surface area contributed by atoms with Gasteiger partial charge in [-0.1, -0.05) is 17.7 Å². The third kappa shape index (κ3) is 2.69. The average Bonchev–Trinajstić information content (AvgIpc) is 2.94. The van der Waals surface area contributed by atoms with Crippen molar-refractivity contribution in [2.75, 3.05) is 16.2 Å². The Kier molecular flexibility index (Phi) is 3.84. The SMILES string of the molecule is Cc1cc(C)c(S(=O)(=O)Nc2cc3c4c(c2)CCN4C(=O)CC3)c(C)c1. The summed E-state index contributed by atoms with van der Waals surface area (Å²) in [6, 6.07) is 7.52. The van der Waals surface area contributed by atoms with Gasteiger partial charge < -0.3 is 4.90 Å². The molecule has 2 aromatic carbocycles. The van der Waals surface area contributed by atoms with Crippen molar-refractivity contribution >= 4 is 27.3 Å². The van der Waals surface area contributed by atoms with Crippen molar-refractivity contribution in [3.8, 4) is 0 Å². The molecule has 4 rings (SSSR count). The minimum absolute atomic E-state index is 0.162. The van der Waals surface area contributed by atoms with Gasteiger partial charge in [0.1, 0.15) is 0 Å². The summed E-state index contributed by atoms with van der Waals surface area (Å²) < 4.78 is 28.8. The maximum atomic E-state index is 13.0. The topological polar surface area (TPSA) is 66.5 Å². The third-order valence-electron chi connectivity index (χ3n) is 5.18. The first kappa shape index (κ1) is 17.1. The lowest BCUT2D eigenvalue weighted by atomic mass is 9.99. The molecule has 0 spiro atoms. The van der Waals surface area contributed by atoms with Gasteiger partial charge in [0.25, 0.3) is 10.0 Å². The van der Waals surface area contributed by atoms with Crippen molar-refractivity contribution in [2.45, 2.75) is 44.9 Å². The van der Waals surface area contributed by atoms with E-state index in [1.54, 1.807) is 0 Å². The van der Waals surface area contributed by atoms with E-state index in [4.69, 9.17) is 0 Å². The van der Waals surface area contributed by atoms with Crippen LogP contribution in [0.4, 0.5) is 11.4 Å². The first-order valence-electron chi connectivity index (χ1n) is 8.83. The van der Waals surface area contributed by atoms with E-state index in [-0.39, 0.29) is 5.91 Å². The van der Waals surface area contributed by atoms with E-state index in [1.165, 1.54) is 0 Å². The maximum absolute atomic E-state index is 13.0. The smallest absolute Gasteiger partial charge is 0.262 e. The van der Waals surface area contributed by atoms with Crippen LogP contribution in [0.5, 0.6) is 0 Å². The molecule has 0 atom stereocenters. The van der Waals surface area contributed by atoms with Gasteiger partial charge >= 0.3 is 0 Å². The van der Waals surface area contributed by atoms with Crippen LogP contribution in [0.15, 0.2) is 29.2 Å². The standard InChI is InChI=1S/C20H22N2O3S/c1-12-8-13(2)20(14(3)9-12)26(24,25)21-17-10-15-4-5-18(23)22-7-6-16(11-17)19(15)22/h8-11,21H,4-7H2,1-3H3. The highest BCUT2D eigenvalue weighted by atomic mass is 32.2. The Morgan fingerprint density at radius 2 is 1.54 bits per heavy atom. The number of benzene rings is 2. The molecule has 0 bridgehead atoms. The minimum Gasteiger partial charge on any atom is -0.312 e. The molecule has 2 aliphatic heterocycles. The van der Waals surface area contributed by atoms with Gasteiger partial charge in [-0.3, -0.25) is 9.52 Å². The normalized spacial score (nSPS) is 16.0. The van der Waals surface area contributed by atoms with E-state index >= 15 is 0 Å². The van der Waals surface area contributed by atoms with Crippen molar-refractivity contribution in [3.05, 3.63) is 52.1 Å². The number of nitrogens with zero attached hydrogens (tertiary/aromatic N) is 1. The zero-order valence-electron chi connectivity index (χ0n) is 15.2. The van der Waals surface area contributed by atoms with Crippen LogP contribution >= 0.6 is 0 Å². The van der Waals surface area contributed by atoms with Crippen molar-refractivity contribution in [3.63, 3.8) is 0 Å². The molecule has 2 heterocycles. The maximum Gasteiger partial charge on any atom is 0.262 e. The molecule has 1 amide bonds. The summed E-state index contributed by atoms with van der Waals surface area (Å²) in [6.45, 7) is 6.30. The highest BCUT2D eigenvalue weighted by Gasteiger charge is 2.32. The second kappa shape index (κ2) is 5.84. The fraction of sp³-hybridized carbons (Fsp3) is 0.350. The zero-order valence-corrected chi connectivity index (χ0v) is 16.0. The Bertz CT molecular complexity index is 1020. The molecule has 26 heavy (non-hydrogen) atoms. The lowest BCUT2D eigenvalue weighted by Gasteiger charge is -2.26. The molecule has 1 N–H and O–H groups in total. The lowest BCUT2D eigenvalue weighted by Crippen LogP contribution is -2.32. The summed E-state index contributed by atoms with van der Waals surface area (Å²) in [5.41, 5.74) is 6.20. The first-order chi connectivity index (χ1) is 12.3. The molecule has 0 unspecified atom stereocenters. The van der Waals surface area contributed by atoms with E-state index in [1.807, 2.05) is 49.9 Å². The molecule has 2 aliphatic rings. The molecule has 2 aromatic rings. The van der Waals surface area contributed by atoms with Gasteiger partial charge in [0.15, 0.2) is 0 Å². The number of carbonyl (C=O) groups is 1. The van der Waals surface area contributed by atoms with E-state index in [0.29, 0.717) is 30.0 Å². The van der Waals surface area contributed by atoms with Crippen LogP contribution in [0.1, 0.15) is 34.2 Å². The van der Waals surface area contributed by atoms with E-state index in [0.717, 1.165) is 39.9 Å². The van der Waals surface area contributed by atoms with Crippen LogP contribution in [0.25, 0.3) is 0 Å². The molecule has 0 fully saturated rings. The quantitative estimate of drug-likeness (QED) is 0.902. The Hall–Kier alpha value is -2.34. The Labute approximate surface area is 154 Å². The summed E-state index contributed by atoms with van der Waals surface area (Å²) >= 11 is 0. The van der Waals surface area contributed by atoms with Crippen LogP contribution in [-0.2, 0) is 27.7 Å². The highest BCUT2D eigenvalue weighted by Crippen LogP contribution is 2.39. The number of sulfonamides is 1. The largest absolute Gasteiger partial charge is 0.312 e. The molecule has 5 nitrogen and oxygen atoms in total. The molecule has 0 aliphatic carbocycles. The van der Waals surface area contributed by atoms with Crippen molar-refractivity contribution < 1.29 is 13.2 Å². The molecule has 0 radical (unpaired) electrons. The summed E-state index contributed by atoms with van der Waals surface area (Å²) in [5.74, 6) is 0.162. The van der Waals surface area contributed by atoms with Gasteiger partial charge in [-0.15, -0.1) is 0 Å². The lowest BCUT2D eigenvalue weighted by molar-refractivity contribution is -0.118. The summed E-state index contributed by atoms with van der Waals surface area (Å²) in [6.07, 6.45) is 1.92. The van der Waals surface area contributed by atoms with Crippen LogP contribution in [-0.4, -0.2) is 20.9 Å². The van der Waals surface area contributed by atoms with Crippen LogP contribution in [0, 0.1) is 20.8 Å². The monoisotopic (exact) mass is 370 g/mol. The van der Waals surface area contributed by atoms with Crippen molar-refractivity contribution in [1.29, 1.82) is 0 Å². The number of aryl methyl sites for hydroxylation is 4. The van der Waals surface area contributed by atoms with E-state index < -0.39 is 10.0 Å². The van der Waals surface area contributed by atoms with Crippen molar-refractivity contribution in [2.24, 2.45) is 0 Å². The molecule has 0 saturated heterocycles. The Balaban J connectivity index is 1.74. The number of nitrogens with one attached hydrogen (secondary N) is 1. The summed E-state index contributed by atoms with van der Waals surface area (Å²) in [4.78, 5) is 14.2. The van der Waals surface area contributed by atoms with Gasteiger partial charge in [0.2, 0.25) is 5.91 Å². The number of hydrogen-bond donors (Lipinski definition) is 1. The Morgan fingerprint density at radius 1 is 0.923 bits per heavy atom. The van der Waals surface area contributed by atoms with Gasteiger partial charge in [0, 0.05) is 18.7 Å². The number of amides is 1. The van der Waals surface area contributed by atoms with Gasteiger partial charge in [-0.2, -0.15) is 0 Å². The summed E-state index contributed by atoms with van der Waals surface area (Å²) in [7, 11) is -3.67. The predicted octanol–water partition coefficient (Wildman–Crippen LogP) is 3.25. The van der Waals surface area contributed by atoms with Gasteiger partial charge in [-0.05, 0) is 68.0 Å². The van der Waals surface area contributed by atoms with Crippen molar-refractivity contribution in [1.82, 2.24) is 0 Å². The van der Waals surface area contributed by atoms with Gasteiger partial charge in [-0.25, -0.2) is 8.42 Å². The number of hydrogen-bond acceptors (Lipinski definition) is 3. The molecule has 6 heteroatoms. The fourth-order valence-electron chi connectivity index (χ4n) is 4.31. The number of rotatable bonds is 3. The van der Waals surface area contributed by atoms with Crippen LogP contribution in [0.2, 0.25) is 0 Å². The average molecular weight is 370 g/mol. The predicted molar refractivity (Wildman–Crippen MR) is 102 cm³/mol. The zero-order chi connectivity index (χ0) is 18.6. The molecular weight excluding hydrogens is 348 g/mol. The van der Waals surface area contributed by atoms with Gasteiger partial charge in [0.05, 0.1) is 10.6 Å². The van der Waals surface area contributed by atoms with Crippen LogP contribution in [0.3, 0.4) is 0 Å². The second-order valence-electron chi connectivity index (χ2n) is 7.27. The highest BCUT2D eigenvalue weighted by molar-refractivity contribution is 7.92. The number of anilines is 2. The second-order valence-corrected chi connectivity index (χ2v) is 8.89.